The number of hydrogen-bond acceptors (Lipinski definition) is 2. The first-order chi connectivity index (χ1) is 9.72. The molecule has 0 radical (unpaired) electrons. The van der Waals surface area contributed by atoms with Crippen LogP contribution in [0.4, 0.5) is 8.78 Å². The monoisotopic (exact) mass is 298 g/mol. The maximum atomic E-state index is 13.2. The molecule has 2 atom stereocenters. The van der Waals surface area contributed by atoms with E-state index in [1.54, 1.807) is 6.92 Å². The minimum Gasteiger partial charge on any atom is -0.348 e. The highest BCUT2D eigenvalue weighted by atomic mass is 19.2. The lowest BCUT2D eigenvalue weighted by atomic mass is 10.0. The summed E-state index contributed by atoms with van der Waals surface area (Å²) in [5, 5.41) is 5.26. The van der Waals surface area contributed by atoms with Crippen LogP contribution in [0.5, 0.6) is 0 Å². The van der Waals surface area contributed by atoms with Gasteiger partial charge >= 0.3 is 0 Å². The third-order valence-electron chi connectivity index (χ3n) is 3.11. The van der Waals surface area contributed by atoms with Gasteiger partial charge in [-0.2, -0.15) is 0 Å². The summed E-state index contributed by atoms with van der Waals surface area (Å²) in [6, 6.07) is 2.30. The molecule has 1 aromatic carbocycles. The third-order valence-corrected chi connectivity index (χ3v) is 3.11. The zero-order valence-electron chi connectivity index (χ0n) is 12.5. The Morgan fingerprint density at radius 1 is 1.05 bits per heavy atom. The number of carbonyl (C=O) groups is 2. The zero-order chi connectivity index (χ0) is 16.2. The number of amides is 2. The molecule has 0 saturated heterocycles. The van der Waals surface area contributed by atoms with Crippen molar-refractivity contribution in [1.29, 1.82) is 0 Å². The lowest BCUT2D eigenvalue weighted by molar-refractivity contribution is -0.129. The molecule has 0 aliphatic carbocycles. The van der Waals surface area contributed by atoms with Crippen molar-refractivity contribution in [3.8, 4) is 0 Å². The molecule has 2 N–H and O–H groups in total. The van der Waals surface area contributed by atoms with Crippen LogP contribution in [0.25, 0.3) is 0 Å². The summed E-state index contributed by atoms with van der Waals surface area (Å²) in [5.74, 6) is -2.65. The van der Waals surface area contributed by atoms with Crippen LogP contribution in [0.15, 0.2) is 18.2 Å². The van der Waals surface area contributed by atoms with Crippen LogP contribution in [0, 0.1) is 17.6 Å². The van der Waals surface area contributed by atoms with Crippen LogP contribution < -0.4 is 10.6 Å². The van der Waals surface area contributed by atoms with E-state index in [9.17, 15) is 18.4 Å². The van der Waals surface area contributed by atoms with Gasteiger partial charge < -0.3 is 10.6 Å². The standard InChI is InChI=1S/C15H20F2N2O2/c1-8(2)14(19-10(4)20)15(21)18-9(3)11-5-6-12(16)13(17)7-11/h5-9,14H,1-4H3,(H,18,21)(H,19,20)/t9-,14-/m0/s1. The van der Waals surface area contributed by atoms with Gasteiger partial charge in [0.25, 0.3) is 0 Å². The van der Waals surface area contributed by atoms with Crippen LogP contribution in [0.3, 0.4) is 0 Å². The Labute approximate surface area is 122 Å². The van der Waals surface area contributed by atoms with Gasteiger partial charge in [0.1, 0.15) is 6.04 Å². The molecule has 4 nitrogen and oxygen atoms in total. The highest BCUT2D eigenvalue weighted by Crippen LogP contribution is 2.16. The molecule has 0 aliphatic heterocycles. The molecule has 0 fully saturated rings. The smallest absolute Gasteiger partial charge is 0.243 e. The number of hydrogen-bond donors (Lipinski definition) is 2. The van der Waals surface area contributed by atoms with E-state index in [1.807, 2.05) is 13.8 Å². The van der Waals surface area contributed by atoms with Crippen LogP contribution >= 0.6 is 0 Å². The van der Waals surface area contributed by atoms with E-state index >= 15 is 0 Å². The Morgan fingerprint density at radius 2 is 1.67 bits per heavy atom. The number of carbonyl (C=O) groups excluding carboxylic acids is 2. The van der Waals surface area contributed by atoms with Gasteiger partial charge in [-0.05, 0) is 30.5 Å². The molecular formula is C15H20F2N2O2. The van der Waals surface area contributed by atoms with Crippen molar-refractivity contribution in [2.75, 3.05) is 0 Å². The average molecular weight is 298 g/mol. The van der Waals surface area contributed by atoms with Gasteiger partial charge in [0, 0.05) is 6.92 Å². The molecule has 1 aromatic rings. The van der Waals surface area contributed by atoms with E-state index in [1.165, 1.54) is 13.0 Å². The van der Waals surface area contributed by atoms with Crippen molar-refractivity contribution in [3.63, 3.8) is 0 Å². The molecule has 0 heterocycles. The van der Waals surface area contributed by atoms with E-state index in [-0.39, 0.29) is 17.7 Å². The first-order valence-electron chi connectivity index (χ1n) is 6.74. The van der Waals surface area contributed by atoms with E-state index in [0.717, 1.165) is 12.1 Å². The van der Waals surface area contributed by atoms with Gasteiger partial charge in [0.05, 0.1) is 6.04 Å². The van der Waals surface area contributed by atoms with Crippen LogP contribution in [-0.2, 0) is 9.59 Å². The Kier molecular flexibility index (Phi) is 5.81. The molecule has 1 rings (SSSR count). The molecule has 2 amide bonds. The van der Waals surface area contributed by atoms with Crippen molar-refractivity contribution in [2.45, 2.75) is 39.8 Å². The molecule has 0 bridgehead atoms. The highest BCUT2D eigenvalue weighted by Gasteiger charge is 2.24. The van der Waals surface area contributed by atoms with Gasteiger partial charge in [0.2, 0.25) is 11.8 Å². The molecular weight excluding hydrogens is 278 g/mol. The minimum atomic E-state index is -0.962. The number of halogens is 2. The summed E-state index contributed by atoms with van der Waals surface area (Å²) in [6.45, 7) is 6.61. The average Bonchev–Trinajstić information content (AvgIpc) is 2.38. The summed E-state index contributed by atoms with van der Waals surface area (Å²) in [4.78, 5) is 23.3. The van der Waals surface area contributed by atoms with Crippen molar-refractivity contribution in [1.82, 2.24) is 10.6 Å². The molecule has 116 valence electrons. The Morgan fingerprint density at radius 3 is 2.14 bits per heavy atom. The minimum absolute atomic E-state index is 0.0916. The molecule has 0 spiro atoms. The molecule has 0 unspecified atom stereocenters. The van der Waals surface area contributed by atoms with E-state index in [4.69, 9.17) is 0 Å². The Hall–Kier alpha value is -1.98. The van der Waals surface area contributed by atoms with Crippen molar-refractivity contribution >= 4 is 11.8 Å². The van der Waals surface area contributed by atoms with Gasteiger partial charge in [0.15, 0.2) is 11.6 Å². The van der Waals surface area contributed by atoms with Gasteiger partial charge in [-0.15, -0.1) is 0 Å². The second-order valence-corrected chi connectivity index (χ2v) is 5.33. The fraction of sp³-hybridized carbons (Fsp3) is 0.467. The quantitative estimate of drug-likeness (QED) is 0.876. The molecule has 6 heteroatoms. The van der Waals surface area contributed by atoms with Crippen LogP contribution in [-0.4, -0.2) is 17.9 Å². The predicted octanol–water partition coefficient (Wildman–Crippen LogP) is 2.30. The predicted molar refractivity (Wildman–Crippen MR) is 75.4 cm³/mol. The van der Waals surface area contributed by atoms with E-state index < -0.39 is 23.7 Å². The summed E-state index contributed by atoms with van der Waals surface area (Å²) in [6.07, 6.45) is 0. The van der Waals surface area contributed by atoms with Gasteiger partial charge in [-0.25, -0.2) is 8.78 Å². The van der Waals surface area contributed by atoms with Crippen LogP contribution in [0.1, 0.15) is 39.3 Å². The second kappa shape index (κ2) is 7.15. The summed E-state index contributed by atoms with van der Waals surface area (Å²) >= 11 is 0. The van der Waals surface area contributed by atoms with Gasteiger partial charge in [-0.3, -0.25) is 9.59 Å². The van der Waals surface area contributed by atoms with Crippen molar-refractivity contribution in [3.05, 3.63) is 35.4 Å². The Balaban J connectivity index is 2.79. The number of nitrogens with one attached hydrogen (secondary N) is 2. The molecule has 0 aromatic heterocycles. The maximum Gasteiger partial charge on any atom is 0.243 e. The lowest BCUT2D eigenvalue weighted by Crippen LogP contribution is -2.49. The van der Waals surface area contributed by atoms with E-state index in [2.05, 4.69) is 10.6 Å². The molecule has 0 saturated carbocycles. The lowest BCUT2D eigenvalue weighted by Gasteiger charge is -2.23. The van der Waals surface area contributed by atoms with Gasteiger partial charge in [-0.1, -0.05) is 19.9 Å². The maximum absolute atomic E-state index is 13.2. The number of rotatable bonds is 5. The fourth-order valence-electron chi connectivity index (χ4n) is 1.92. The van der Waals surface area contributed by atoms with E-state index in [0.29, 0.717) is 5.56 Å². The SMILES string of the molecule is CC(=O)N[C@H](C(=O)N[C@@H](C)c1ccc(F)c(F)c1)C(C)C. The molecule has 21 heavy (non-hydrogen) atoms. The fourth-order valence-corrected chi connectivity index (χ4v) is 1.92. The molecule has 0 aliphatic rings. The number of benzene rings is 1. The first kappa shape index (κ1) is 17.1. The summed E-state index contributed by atoms with van der Waals surface area (Å²) in [7, 11) is 0. The van der Waals surface area contributed by atoms with Crippen molar-refractivity contribution in [2.24, 2.45) is 5.92 Å². The normalized spacial score (nSPS) is 13.7. The zero-order valence-corrected chi connectivity index (χ0v) is 12.5. The third kappa shape index (κ3) is 4.81. The van der Waals surface area contributed by atoms with Crippen LogP contribution in [0.2, 0.25) is 0 Å². The second-order valence-electron chi connectivity index (χ2n) is 5.33. The first-order valence-corrected chi connectivity index (χ1v) is 6.74. The van der Waals surface area contributed by atoms with Crippen molar-refractivity contribution < 1.29 is 18.4 Å². The highest BCUT2D eigenvalue weighted by molar-refractivity contribution is 5.87. The summed E-state index contributed by atoms with van der Waals surface area (Å²) < 4.78 is 26.1. The summed E-state index contributed by atoms with van der Waals surface area (Å²) in [5.41, 5.74) is 0.451. The largest absolute Gasteiger partial charge is 0.348 e. The topological polar surface area (TPSA) is 58.2 Å². The Bertz CT molecular complexity index is 532.